The number of benzene rings is 1. The summed E-state index contributed by atoms with van der Waals surface area (Å²) in [6, 6.07) is 20.7. The standard InChI is InChI=1S/C26H17FN4/c27-25-4-2-1-3-23(25)24-14-22-13-20-8-7-18(29-20)11-16-5-6-17(28-16)12-19-9-10-21(30-19)15-26(24)31-22/h1-15,28,31H. The first kappa shape index (κ1) is 17.6. The molecule has 1 aromatic carbocycles. The lowest BCUT2D eigenvalue weighted by molar-refractivity contribution is 0.631. The van der Waals surface area contributed by atoms with Crippen LogP contribution in [0.1, 0.15) is 22.8 Å². The summed E-state index contributed by atoms with van der Waals surface area (Å²) < 4.78 is 14.6. The Bertz CT molecular complexity index is 1550. The highest BCUT2D eigenvalue weighted by atomic mass is 19.1. The number of halogens is 1. The lowest BCUT2D eigenvalue weighted by Crippen LogP contribution is -1.82. The van der Waals surface area contributed by atoms with Crippen LogP contribution in [-0.4, -0.2) is 19.9 Å². The fourth-order valence-electron chi connectivity index (χ4n) is 3.92. The zero-order valence-electron chi connectivity index (χ0n) is 16.4. The predicted molar refractivity (Wildman–Crippen MR) is 124 cm³/mol. The van der Waals surface area contributed by atoms with Gasteiger partial charge in [0.1, 0.15) is 5.82 Å². The van der Waals surface area contributed by atoms with Gasteiger partial charge in [0, 0.05) is 33.2 Å². The summed E-state index contributed by atoms with van der Waals surface area (Å²) >= 11 is 0. The number of aromatic amines is 2. The van der Waals surface area contributed by atoms with Crippen molar-refractivity contribution in [2.75, 3.05) is 0 Å². The summed E-state index contributed by atoms with van der Waals surface area (Å²) in [7, 11) is 0. The summed E-state index contributed by atoms with van der Waals surface area (Å²) in [5.41, 5.74) is 8.28. The molecule has 8 bridgehead atoms. The maximum atomic E-state index is 14.6. The number of aromatic nitrogens is 4. The van der Waals surface area contributed by atoms with Gasteiger partial charge in [-0.1, -0.05) is 18.2 Å². The average molecular weight is 404 g/mol. The molecule has 0 saturated carbocycles. The molecule has 0 aliphatic carbocycles. The second kappa shape index (κ2) is 6.92. The highest BCUT2D eigenvalue weighted by molar-refractivity contribution is 5.88. The molecule has 0 saturated heterocycles. The van der Waals surface area contributed by atoms with E-state index in [0.717, 1.165) is 50.4 Å². The van der Waals surface area contributed by atoms with E-state index in [0.29, 0.717) is 5.56 Å². The number of hydrogen-bond acceptors (Lipinski definition) is 2. The molecular weight excluding hydrogens is 387 g/mol. The Labute approximate surface area is 177 Å². The molecule has 31 heavy (non-hydrogen) atoms. The van der Waals surface area contributed by atoms with Crippen LogP contribution in [0.3, 0.4) is 0 Å². The third-order valence-corrected chi connectivity index (χ3v) is 5.33. The van der Waals surface area contributed by atoms with Crippen molar-refractivity contribution in [2.45, 2.75) is 0 Å². The van der Waals surface area contributed by atoms with E-state index in [4.69, 9.17) is 4.98 Å². The second-order valence-corrected chi connectivity index (χ2v) is 7.57. The molecule has 0 radical (unpaired) electrons. The Morgan fingerprint density at radius 3 is 1.77 bits per heavy atom. The Hall–Kier alpha value is -4.25. The SMILES string of the molecule is Fc1ccccc1-c1cc2cc3nc(cc4ccc(cc5nc(cc1[nH]2)C=C5)[nH]4)C=C3. The Kier molecular flexibility index (Phi) is 3.93. The highest BCUT2D eigenvalue weighted by Crippen LogP contribution is 2.29. The van der Waals surface area contributed by atoms with Crippen molar-refractivity contribution in [3.63, 3.8) is 0 Å². The number of rotatable bonds is 1. The zero-order valence-corrected chi connectivity index (χ0v) is 16.4. The van der Waals surface area contributed by atoms with Gasteiger partial charge < -0.3 is 9.97 Å². The largest absolute Gasteiger partial charge is 0.355 e. The van der Waals surface area contributed by atoms with Gasteiger partial charge in [0.15, 0.2) is 0 Å². The van der Waals surface area contributed by atoms with E-state index in [1.807, 2.05) is 72.8 Å². The van der Waals surface area contributed by atoms with Gasteiger partial charge >= 0.3 is 0 Å². The maximum absolute atomic E-state index is 14.6. The number of hydrogen-bond donors (Lipinski definition) is 2. The minimum absolute atomic E-state index is 0.260. The van der Waals surface area contributed by atoms with Crippen molar-refractivity contribution >= 4 is 46.4 Å². The van der Waals surface area contributed by atoms with Crippen LogP contribution < -0.4 is 0 Å². The van der Waals surface area contributed by atoms with Crippen LogP contribution >= 0.6 is 0 Å². The molecule has 3 aromatic heterocycles. The molecule has 4 nitrogen and oxygen atoms in total. The number of H-pyrrole nitrogens is 2. The van der Waals surface area contributed by atoms with Gasteiger partial charge in [-0.15, -0.1) is 0 Å². The lowest BCUT2D eigenvalue weighted by Gasteiger charge is -2.00. The quantitative estimate of drug-likeness (QED) is 0.330. The topological polar surface area (TPSA) is 57.4 Å². The van der Waals surface area contributed by atoms with E-state index >= 15 is 0 Å². The van der Waals surface area contributed by atoms with E-state index < -0.39 is 0 Å². The van der Waals surface area contributed by atoms with E-state index in [9.17, 15) is 4.39 Å². The molecule has 0 unspecified atom stereocenters. The molecule has 5 heterocycles. The molecule has 2 aliphatic heterocycles. The smallest absolute Gasteiger partial charge is 0.131 e. The van der Waals surface area contributed by atoms with Crippen LogP contribution in [-0.2, 0) is 0 Å². The van der Waals surface area contributed by atoms with Gasteiger partial charge in [0.25, 0.3) is 0 Å². The molecule has 0 atom stereocenters. The first-order valence-corrected chi connectivity index (χ1v) is 10.0. The lowest BCUT2D eigenvalue weighted by atomic mass is 10.1. The summed E-state index contributed by atoms with van der Waals surface area (Å²) in [6.07, 6.45) is 7.88. The Morgan fingerprint density at radius 1 is 0.548 bits per heavy atom. The van der Waals surface area contributed by atoms with Gasteiger partial charge in [0.05, 0.1) is 22.8 Å². The van der Waals surface area contributed by atoms with Crippen molar-refractivity contribution in [2.24, 2.45) is 0 Å². The molecule has 0 spiro atoms. The summed E-state index contributed by atoms with van der Waals surface area (Å²) in [5, 5.41) is 0. The van der Waals surface area contributed by atoms with Crippen LogP contribution in [0.25, 0.3) is 57.5 Å². The van der Waals surface area contributed by atoms with E-state index in [-0.39, 0.29) is 5.82 Å². The molecule has 0 fully saturated rings. The molecule has 0 amide bonds. The first-order chi connectivity index (χ1) is 15.2. The van der Waals surface area contributed by atoms with Crippen LogP contribution in [0.2, 0.25) is 0 Å². The molecule has 2 N–H and O–H groups in total. The number of nitrogens with one attached hydrogen (secondary N) is 2. The predicted octanol–water partition coefficient (Wildman–Crippen LogP) is 6.46. The fraction of sp³-hybridized carbons (Fsp3) is 0. The van der Waals surface area contributed by atoms with Crippen LogP contribution in [0.5, 0.6) is 0 Å². The van der Waals surface area contributed by atoms with E-state index in [1.165, 1.54) is 6.07 Å². The minimum atomic E-state index is -0.260. The van der Waals surface area contributed by atoms with Gasteiger partial charge in [-0.2, -0.15) is 0 Å². The molecule has 6 rings (SSSR count). The first-order valence-electron chi connectivity index (χ1n) is 10.0. The van der Waals surface area contributed by atoms with Crippen LogP contribution in [0.4, 0.5) is 4.39 Å². The Balaban J connectivity index is 1.69. The van der Waals surface area contributed by atoms with Gasteiger partial charge in [-0.05, 0) is 72.8 Å². The van der Waals surface area contributed by atoms with Crippen LogP contribution in [0.15, 0.2) is 66.7 Å². The normalized spacial score (nSPS) is 12.4. The van der Waals surface area contributed by atoms with Crippen molar-refractivity contribution in [1.82, 2.24) is 19.9 Å². The summed E-state index contributed by atoms with van der Waals surface area (Å²) in [5.74, 6) is -0.260. The van der Waals surface area contributed by atoms with Crippen LogP contribution in [0, 0.1) is 5.82 Å². The summed E-state index contributed by atoms with van der Waals surface area (Å²) in [6.45, 7) is 0. The second-order valence-electron chi connectivity index (χ2n) is 7.57. The zero-order chi connectivity index (χ0) is 20.8. The molecule has 2 aliphatic rings. The molecule has 4 aromatic rings. The average Bonchev–Trinajstić information content (AvgIpc) is 3.53. The van der Waals surface area contributed by atoms with E-state index in [1.54, 1.807) is 12.1 Å². The minimum Gasteiger partial charge on any atom is -0.355 e. The van der Waals surface area contributed by atoms with Gasteiger partial charge in [0.2, 0.25) is 0 Å². The molecular formula is C26H17FN4. The highest BCUT2D eigenvalue weighted by Gasteiger charge is 2.10. The fourth-order valence-corrected chi connectivity index (χ4v) is 3.92. The molecule has 148 valence electrons. The van der Waals surface area contributed by atoms with Gasteiger partial charge in [-0.25, -0.2) is 14.4 Å². The summed E-state index contributed by atoms with van der Waals surface area (Å²) in [4.78, 5) is 16.2. The van der Waals surface area contributed by atoms with Crippen molar-refractivity contribution in [3.8, 4) is 11.1 Å². The third kappa shape index (κ3) is 3.36. The van der Waals surface area contributed by atoms with Crippen molar-refractivity contribution < 1.29 is 4.39 Å². The number of fused-ring (bicyclic) bond motifs is 8. The number of nitrogens with zero attached hydrogens (tertiary/aromatic N) is 2. The van der Waals surface area contributed by atoms with Crippen molar-refractivity contribution in [3.05, 3.63) is 95.3 Å². The van der Waals surface area contributed by atoms with Gasteiger partial charge in [-0.3, -0.25) is 0 Å². The monoisotopic (exact) mass is 404 g/mol. The Morgan fingerprint density at radius 2 is 1.13 bits per heavy atom. The molecule has 5 heteroatoms. The third-order valence-electron chi connectivity index (χ3n) is 5.33. The van der Waals surface area contributed by atoms with E-state index in [2.05, 4.69) is 15.0 Å². The van der Waals surface area contributed by atoms with Crippen molar-refractivity contribution in [1.29, 1.82) is 0 Å². The maximum Gasteiger partial charge on any atom is 0.131 e.